The lowest BCUT2D eigenvalue weighted by Gasteiger charge is -2.19. The number of benzene rings is 3. The van der Waals surface area contributed by atoms with Crippen LogP contribution in [0, 0.1) is 0 Å². The summed E-state index contributed by atoms with van der Waals surface area (Å²) in [5, 5.41) is 0. The molecule has 0 N–H and O–H groups in total. The molecule has 2 aliphatic heterocycles. The highest BCUT2D eigenvalue weighted by Crippen LogP contribution is 2.35. The molecule has 0 radical (unpaired) electrons. The standard InChI is InChI=1S/C28H29N3O5/c1-34-26-19-22(11-14-25(26)35-18-17-29-15-5-6-16-29)31-27(32)20-30(28(31)33)21-9-12-24(13-10-21)36-23-7-3-2-4-8-23/h2-4,7-14,19H,5-6,15-18,20H2,1H3. The Morgan fingerprint density at radius 3 is 2.22 bits per heavy atom. The molecule has 36 heavy (non-hydrogen) atoms. The van der Waals surface area contributed by atoms with Gasteiger partial charge in [-0.3, -0.25) is 14.6 Å². The van der Waals surface area contributed by atoms with Crippen LogP contribution in [0.4, 0.5) is 16.2 Å². The topological polar surface area (TPSA) is 71.5 Å². The smallest absolute Gasteiger partial charge is 0.336 e. The van der Waals surface area contributed by atoms with Gasteiger partial charge in [-0.05, 0) is 74.5 Å². The predicted molar refractivity (Wildman–Crippen MR) is 137 cm³/mol. The van der Waals surface area contributed by atoms with E-state index in [1.54, 1.807) is 49.6 Å². The van der Waals surface area contributed by atoms with E-state index < -0.39 is 6.03 Å². The van der Waals surface area contributed by atoms with Crippen LogP contribution >= 0.6 is 0 Å². The van der Waals surface area contributed by atoms with Gasteiger partial charge in [0.1, 0.15) is 24.7 Å². The predicted octanol–water partition coefficient (Wildman–Crippen LogP) is 4.94. The number of carbonyl (C=O) groups excluding carboxylic acids is 2. The maximum Gasteiger partial charge on any atom is 0.336 e. The van der Waals surface area contributed by atoms with E-state index in [0.717, 1.165) is 25.4 Å². The second-order valence-electron chi connectivity index (χ2n) is 8.74. The number of amides is 3. The molecule has 2 heterocycles. The van der Waals surface area contributed by atoms with Gasteiger partial charge in [0.2, 0.25) is 0 Å². The highest BCUT2D eigenvalue weighted by atomic mass is 16.5. The number of para-hydroxylation sites is 1. The van der Waals surface area contributed by atoms with Crippen LogP contribution in [-0.4, -0.2) is 56.7 Å². The molecule has 0 aromatic heterocycles. The van der Waals surface area contributed by atoms with Gasteiger partial charge in [-0.2, -0.15) is 0 Å². The molecule has 8 heteroatoms. The van der Waals surface area contributed by atoms with Crippen molar-refractivity contribution in [3.8, 4) is 23.0 Å². The number of hydrogen-bond donors (Lipinski definition) is 0. The Bertz CT molecular complexity index is 1210. The molecule has 0 aliphatic carbocycles. The van der Waals surface area contributed by atoms with Crippen molar-refractivity contribution in [2.45, 2.75) is 12.8 Å². The lowest BCUT2D eigenvalue weighted by molar-refractivity contribution is -0.115. The average Bonchev–Trinajstić information content (AvgIpc) is 3.53. The van der Waals surface area contributed by atoms with Crippen molar-refractivity contribution in [3.05, 3.63) is 72.8 Å². The summed E-state index contributed by atoms with van der Waals surface area (Å²) in [6.07, 6.45) is 2.47. The van der Waals surface area contributed by atoms with Crippen molar-refractivity contribution in [1.82, 2.24) is 4.90 Å². The first-order chi connectivity index (χ1) is 17.6. The van der Waals surface area contributed by atoms with Crippen molar-refractivity contribution in [1.29, 1.82) is 0 Å². The van der Waals surface area contributed by atoms with Crippen LogP contribution in [0.5, 0.6) is 23.0 Å². The molecule has 5 rings (SSSR count). The minimum absolute atomic E-state index is 0.0475. The van der Waals surface area contributed by atoms with E-state index in [1.807, 2.05) is 30.3 Å². The van der Waals surface area contributed by atoms with Gasteiger partial charge in [0, 0.05) is 18.3 Å². The third-order valence-corrected chi connectivity index (χ3v) is 6.36. The van der Waals surface area contributed by atoms with E-state index in [0.29, 0.717) is 35.2 Å². The molecular formula is C28H29N3O5. The van der Waals surface area contributed by atoms with Gasteiger partial charge in [0.25, 0.3) is 5.91 Å². The van der Waals surface area contributed by atoms with Gasteiger partial charge < -0.3 is 14.2 Å². The Morgan fingerprint density at radius 2 is 1.50 bits per heavy atom. The molecule has 0 saturated carbocycles. The summed E-state index contributed by atoms with van der Waals surface area (Å²) in [5.74, 6) is 2.13. The van der Waals surface area contributed by atoms with Crippen LogP contribution in [0.2, 0.25) is 0 Å². The number of ether oxygens (including phenoxy) is 3. The van der Waals surface area contributed by atoms with Crippen molar-refractivity contribution in [3.63, 3.8) is 0 Å². The number of nitrogens with zero attached hydrogens (tertiary/aromatic N) is 3. The Balaban J connectivity index is 1.26. The van der Waals surface area contributed by atoms with Crippen LogP contribution in [0.15, 0.2) is 72.8 Å². The SMILES string of the molecule is COc1cc(N2C(=O)CN(c3ccc(Oc4ccccc4)cc3)C2=O)ccc1OCCN1CCCC1. The monoisotopic (exact) mass is 487 g/mol. The van der Waals surface area contributed by atoms with Crippen LogP contribution in [0.3, 0.4) is 0 Å². The normalized spacial score (nSPS) is 16.0. The summed E-state index contributed by atoms with van der Waals surface area (Å²) in [7, 11) is 1.55. The molecule has 2 saturated heterocycles. The van der Waals surface area contributed by atoms with Gasteiger partial charge in [-0.25, -0.2) is 9.69 Å². The number of rotatable bonds is 9. The lowest BCUT2D eigenvalue weighted by atomic mass is 10.2. The van der Waals surface area contributed by atoms with Gasteiger partial charge in [-0.1, -0.05) is 18.2 Å². The third kappa shape index (κ3) is 5.13. The Hall–Kier alpha value is -4.04. The van der Waals surface area contributed by atoms with Gasteiger partial charge >= 0.3 is 6.03 Å². The Labute approximate surface area is 210 Å². The number of imide groups is 1. The first-order valence-electron chi connectivity index (χ1n) is 12.1. The average molecular weight is 488 g/mol. The first-order valence-corrected chi connectivity index (χ1v) is 12.1. The van der Waals surface area contributed by atoms with Crippen LogP contribution < -0.4 is 24.0 Å². The fourth-order valence-electron chi connectivity index (χ4n) is 4.48. The summed E-state index contributed by atoms with van der Waals surface area (Å²) in [5.41, 5.74) is 1.06. The Kier molecular flexibility index (Phi) is 7.04. The summed E-state index contributed by atoms with van der Waals surface area (Å²) in [6, 6.07) is 21.3. The van der Waals surface area contributed by atoms with Crippen molar-refractivity contribution < 1.29 is 23.8 Å². The molecule has 0 unspecified atom stereocenters. The lowest BCUT2D eigenvalue weighted by Crippen LogP contribution is -2.33. The highest BCUT2D eigenvalue weighted by Gasteiger charge is 2.38. The summed E-state index contributed by atoms with van der Waals surface area (Å²) in [4.78, 5) is 31.1. The zero-order valence-corrected chi connectivity index (χ0v) is 20.3. The molecule has 2 aliphatic rings. The van der Waals surface area contributed by atoms with Crippen molar-refractivity contribution in [2.24, 2.45) is 0 Å². The molecule has 3 aromatic carbocycles. The number of hydrogen-bond acceptors (Lipinski definition) is 6. The number of anilines is 2. The number of methoxy groups -OCH3 is 1. The molecule has 186 valence electrons. The highest BCUT2D eigenvalue weighted by molar-refractivity contribution is 6.27. The van der Waals surface area contributed by atoms with E-state index in [1.165, 1.54) is 22.6 Å². The number of carbonyl (C=O) groups is 2. The van der Waals surface area contributed by atoms with Crippen LogP contribution in [0.1, 0.15) is 12.8 Å². The molecule has 0 spiro atoms. The maximum atomic E-state index is 13.2. The summed E-state index contributed by atoms with van der Waals surface area (Å²) in [6.45, 7) is 3.58. The second kappa shape index (κ2) is 10.7. The van der Waals surface area contributed by atoms with Gasteiger partial charge in [0.15, 0.2) is 11.5 Å². The third-order valence-electron chi connectivity index (χ3n) is 6.36. The maximum absolute atomic E-state index is 13.2. The number of urea groups is 1. The zero-order valence-electron chi connectivity index (χ0n) is 20.3. The molecule has 8 nitrogen and oxygen atoms in total. The molecule has 0 atom stereocenters. The summed E-state index contributed by atoms with van der Waals surface area (Å²) >= 11 is 0. The largest absolute Gasteiger partial charge is 0.493 e. The fourth-order valence-corrected chi connectivity index (χ4v) is 4.48. The van der Waals surface area contributed by atoms with Crippen molar-refractivity contribution in [2.75, 3.05) is 49.7 Å². The van der Waals surface area contributed by atoms with E-state index in [4.69, 9.17) is 14.2 Å². The van der Waals surface area contributed by atoms with Gasteiger partial charge in [0.05, 0.1) is 12.8 Å². The molecule has 3 aromatic rings. The van der Waals surface area contributed by atoms with E-state index in [9.17, 15) is 9.59 Å². The van der Waals surface area contributed by atoms with E-state index in [-0.39, 0.29) is 12.5 Å². The van der Waals surface area contributed by atoms with E-state index in [2.05, 4.69) is 4.90 Å². The molecular weight excluding hydrogens is 458 g/mol. The zero-order chi connectivity index (χ0) is 24.9. The quantitative estimate of drug-likeness (QED) is 0.399. The second-order valence-corrected chi connectivity index (χ2v) is 8.74. The minimum Gasteiger partial charge on any atom is -0.493 e. The summed E-state index contributed by atoms with van der Waals surface area (Å²) < 4.78 is 17.2. The minimum atomic E-state index is -0.415. The molecule has 2 fully saturated rings. The molecule has 0 bridgehead atoms. The van der Waals surface area contributed by atoms with Gasteiger partial charge in [-0.15, -0.1) is 0 Å². The van der Waals surface area contributed by atoms with Crippen LogP contribution in [0.25, 0.3) is 0 Å². The van der Waals surface area contributed by atoms with E-state index >= 15 is 0 Å². The molecule has 3 amide bonds. The fraction of sp³-hybridized carbons (Fsp3) is 0.286. The number of likely N-dealkylation sites (tertiary alicyclic amines) is 1. The Morgan fingerprint density at radius 1 is 0.806 bits per heavy atom. The van der Waals surface area contributed by atoms with Crippen LogP contribution in [-0.2, 0) is 4.79 Å². The first kappa shape index (κ1) is 23.7. The van der Waals surface area contributed by atoms with Crippen molar-refractivity contribution >= 4 is 23.3 Å².